The maximum atomic E-state index is 12.4. The average Bonchev–Trinajstić information content (AvgIpc) is 2.81. The Kier molecular flexibility index (Phi) is 6.66. The van der Waals surface area contributed by atoms with Gasteiger partial charge in [0, 0.05) is 24.3 Å². The topological polar surface area (TPSA) is 139 Å². The molecule has 0 spiro atoms. The quantitative estimate of drug-likeness (QED) is 0.237. The summed E-state index contributed by atoms with van der Waals surface area (Å²) in [5.74, 6) is -1.92. The van der Waals surface area contributed by atoms with Gasteiger partial charge < -0.3 is 0 Å². The summed E-state index contributed by atoms with van der Waals surface area (Å²) in [7, 11) is 0. The summed E-state index contributed by atoms with van der Waals surface area (Å²) in [5, 5.41) is 21.9. The van der Waals surface area contributed by atoms with Crippen LogP contribution >= 0.6 is 0 Å². The van der Waals surface area contributed by atoms with Gasteiger partial charge in [-0.1, -0.05) is 30.4 Å². The lowest BCUT2D eigenvalue weighted by atomic mass is 10.0. The number of nitrogens with zero attached hydrogens (tertiary/aromatic N) is 2. The fourth-order valence-electron chi connectivity index (χ4n) is 2.62. The van der Waals surface area contributed by atoms with Crippen molar-refractivity contribution < 1.29 is 29.2 Å². The average molecular weight is 434 g/mol. The molecular formula is C22H14N2O8. The van der Waals surface area contributed by atoms with E-state index in [1.807, 2.05) is 0 Å². The standard InChI is InChI=1S/C22H14N2O8/c25-21(16-4-2-1-3-5-16)31-32-22(26)20-13-12-19(24(29)30)14-17(20)9-6-15-7-10-18(11-8-15)23(27)28/h1-14H/b9-6+. The number of nitro groups is 2. The summed E-state index contributed by atoms with van der Waals surface area (Å²) >= 11 is 0. The number of carbonyl (C=O) groups is 2. The van der Waals surface area contributed by atoms with Crippen molar-refractivity contribution in [2.75, 3.05) is 0 Å². The van der Waals surface area contributed by atoms with E-state index < -0.39 is 21.8 Å². The van der Waals surface area contributed by atoms with Crippen molar-refractivity contribution in [3.8, 4) is 0 Å². The zero-order valence-electron chi connectivity index (χ0n) is 16.2. The number of rotatable bonds is 6. The third-order valence-corrected chi connectivity index (χ3v) is 4.23. The van der Waals surface area contributed by atoms with E-state index >= 15 is 0 Å². The van der Waals surface area contributed by atoms with Crippen LogP contribution in [-0.2, 0) is 9.78 Å². The van der Waals surface area contributed by atoms with Crippen LogP contribution in [0.2, 0.25) is 0 Å². The van der Waals surface area contributed by atoms with Crippen molar-refractivity contribution in [1.82, 2.24) is 0 Å². The van der Waals surface area contributed by atoms with E-state index in [4.69, 9.17) is 0 Å². The highest BCUT2D eigenvalue weighted by atomic mass is 17.2. The molecule has 0 aliphatic carbocycles. The Hall–Kier alpha value is -4.86. The van der Waals surface area contributed by atoms with E-state index in [9.17, 15) is 29.8 Å². The Morgan fingerprint density at radius 3 is 1.94 bits per heavy atom. The van der Waals surface area contributed by atoms with Gasteiger partial charge in [-0.2, -0.15) is 0 Å². The van der Waals surface area contributed by atoms with Crippen LogP contribution in [0.4, 0.5) is 11.4 Å². The molecule has 0 amide bonds. The molecule has 0 bridgehead atoms. The highest BCUT2D eigenvalue weighted by molar-refractivity contribution is 5.96. The van der Waals surface area contributed by atoms with Gasteiger partial charge in [0.2, 0.25) is 0 Å². The Balaban J connectivity index is 1.82. The largest absolute Gasteiger partial charge is 0.386 e. The molecule has 0 radical (unpaired) electrons. The Bertz CT molecular complexity index is 1200. The maximum absolute atomic E-state index is 12.4. The van der Waals surface area contributed by atoms with Crippen LogP contribution in [0.15, 0.2) is 72.8 Å². The molecule has 0 N–H and O–H groups in total. The zero-order chi connectivity index (χ0) is 23.1. The SMILES string of the molecule is O=C(OOC(=O)c1ccc([N+](=O)[O-])cc1/C=C/c1ccc([N+](=O)[O-])cc1)c1ccccc1. The second-order valence-corrected chi connectivity index (χ2v) is 6.32. The Morgan fingerprint density at radius 1 is 0.719 bits per heavy atom. The molecule has 0 aromatic heterocycles. The van der Waals surface area contributed by atoms with Crippen LogP contribution in [0.3, 0.4) is 0 Å². The number of hydrogen-bond acceptors (Lipinski definition) is 8. The van der Waals surface area contributed by atoms with Gasteiger partial charge in [-0.15, -0.1) is 0 Å². The van der Waals surface area contributed by atoms with E-state index in [0.717, 1.165) is 12.1 Å². The Labute approximate surface area is 180 Å². The fraction of sp³-hybridized carbons (Fsp3) is 0. The predicted molar refractivity (Wildman–Crippen MR) is 112 cm³/mol. The molecule has 10 nitrogen and oxygen atoms in total. The molecule has 32 heavy (non-hydrogen) atoms. The van der Waals surface area contributed by atoms with Gasteiger partial charge in [-0.25, -0.2) is 19.4 Å². The molecule has 0 heterocycles. The van der Waals surface area contributed by atoms with Gasteiger partial charge in [0.1, 0.15) is 0 Å². The molecule has 3 aromatic carbocycles. The first-order valence-electron chi connectivity index (χ1n) is 9.04. The number of carbonyl (C=O) groups excluding carboxylic acids is 2. The van der Waals surface area contributed by atoms with E-state index in [1.54, 1.807) is 18.2 Å². The van der Waals surface area contributed by atoms with Gasteiger partial charge in [0.25, 0.3) is 11.4 Å². The van der Waals surface area contributed by atoms with Gasteiger partial charge in [0.15, 0.2) is 0 Å². The first-order valence-corrected chi connectivity index (χ1v) is 9.04. The minimum absolute atomic E-state index is 0.0883. The van der Waals surface area contributed by atoms with Crippen molar-refractivity contribution >= 4 is 35.5 Å². The van der Waals surface area contributed by atoms with Crippen LogP contribution in [0.1, 0.15) is 31.8 Å². The molecule has 0 saturated carbocycles. The van der Waals surface area contributed by atoms with Gasteiger partial charge in [0.05, 0.1) is 21.0 Å². The van der Waals surface area contributed by atoms with Crippen LogP contribution in [-0.4, -0.2) is 21.8 Å². The smallest absolute Gasteiger partial charge is 0.258 e. The lowest BCUT2D eigenvalue weighted by Crippen LogP contribution is -2.13. The van der Waals surface area contributed by atoms with Crippen molar-refractivity contribution in [3.05, 3.63) is 115 Å². The molecule has 160 valence electrons. The van der Waals surface area contributed by atoms with Crippen LogP contribution in [0.5, 0.6) is 0 Å². The van der Waals surface area contributed by atoms with E-state index in [2.05, 4.69) is 9.78 Å². The minimum atomic E-state index is -1.03. The summed E-state index contributed by atoms with van der Waals surface area (Å²) in [6.45, 7) is 0. The summed E-state index contributed by atoms with van der Waals surface area (Å²) in [4.78, 5) is 54.2. The summed E-state index contributed by atoms with van der Waals surface area (Å²) in [6.07, 6.45) is 2.92. The number of nitro benzene ring substituents is 2. The van der Waals surface area contributed by atoms with Crippen LogP contribution < -0.4 is 0 Å². The molecule has 0 saturated heterocycles. The normalized spacial score (nSPS) is 10.5. The highest BCUT2D eigenvalue weighted by Gasteiger charge is 2.19. The van der Waals surface area contributed by atoms with E-state index in [1.165, 1.54) is 54.6 Å². The molecule has 0 aliphatic rings. The van der Waals surface area contributed by atoms with Gasteiger partial charge >= 0.3 is 11.9 Å². The van der Waals surface area contributed by atoms with Crippen LogP contribution in [0, 0.1) is 20.2 Å². The van der Waals surface area contributed by atoms with Crippen molar-refractivity contribution in [2.45, 2.75) is 0 Å². The lowest BCUT2D eigenvalue weighted by Gasteiger charge is -2.06. The highest BCUT2D eigenvalue weighted by Crippen LogP contribution is 2.22. The minimum Gasteiger partial charge on any atom is -0.258 e. The van der Waals surface area contributed by atoms with Crippen molar-refractivity contribution in [3.63, 3.8) is 0 Å². The lowest BCUT2D eigenvalue weighted by molar-refractivity contribution is -0.385. The van der Waals surface area contributed by atoms with Gasteiger partial charge in [-0.3, -0.25) is 20.2 Å². The molecule has 3 rings (SSSR count). The second-order valence-electron chi connectivity index (χ2n) is 6.32. The molecule has 10 heteroatoms. The summed E-state index contributed by atoms with van der Waals surface area (Å²) in [5.41, 5.74) is 0.389. The maximum Gasteiger partial charge on any atom is 0.386 e. The Morgan fingerprint density at radius 2 is 1.31 bits per heavy atom. The van der Waals surface area contributed by atoms with Crippen molar-refractivity contribution in [1.29, 1.82) is 0 Å². The number of hydrogen-bond donors (Lipinski definition) is 0. The summed E-state index contributed by atoms with van der Waals surface area (Å²) in [6, 6.07) is 16.8. The van der Waals surface area contributed by atoms with Crippen LogP contribution in [0.25, 0.3) is 12.2 Å². The van der Waals surface area contributed by atoms with E-state index in [0.29, 0.717) is 5.56 Å². The third-order valence-electron chi connectivity index (χ3n) is 4.23. The number of non-ortho nitro benzene ring substituents is 2. The summed E-state index contributed by atoms with van der Waals surface area (Å²) < 4.78 is 0. The molecule has 0 unspecified atom stereocenters. The monoisotopic (exact) mass is 434 g/mol. The zero-order valence-corrected chi connectivity index (χ0v) is 16.2. The molecule has 3 aromatic rings. The van der Waals surface area contributed by atoms with E-state index in [-0.39, 0.29) is 28.1 Å². The third kappa shape index (κ3) is 5.39. The fourth-order valence-corrected chi connectivity index (χ4v) is 2.62. The first kappa shape index (κ1) is 21.8. The molecule has 0 fully saturated rings. The number of benzene rings is 3. The molecule has 0 atom stereocenters. The second kappa shape index (κ2) is 9.76. The molecular weight excluding hydrogens is 420 g/mol. The molecule has 0 aliphatic heterocycles. The predicted octanol–water partition coefficient (Wildman–Crippen LogP) is 4.60. The van der Waals surface area contributed by atoms with Gasteiger partial charge in [-0.05, 0) is 41.5 Å². The van der Waals surface area contributed by atoms with Crippen molar-refractivity contribution in [2.24, 2.45) is 0 Å². The first-order chi connectivity index (χ1) is 15.3.